The van der Waals surface area contributed by atoms with Gasteiger partial charge in [-0.2, -0.15) is 13.2 Å². The Bertz CT molecular complexity index is 235. The molecule has 2 rings (SSSR count). The molecule has 2 aliphatic rings. The van der Waals surface area contributed by atoms with Crippen LogP contribution in [0.2, 0.25) is 0 Å². The van der Waals surface area contributed by atoms with E-state index in [9.17, 15) is 18.0 Å². The molecular weight excluding hydrogens is 195 g/mol. The van der Waals surface area contributed by atoms with Crippen molar-refractivity contribution in [3.63, 3.8) is 0 Å². The Morgan fingerprint density at radius 2 is 1.71 bits per heavy atom. The lowest BCUT2D eigenvalue weighted by atomic mass is 10.0. The largest absolute Gasteiger partial charge is 0.471 e. The third kappa shape index (κ3) is 1.48. The minimum Gasteiger partial charge on any atom is -0.329 e. The predicted molar refractivity (Wildman–Crippen MR) is 43.2 cm³/mol. The number of halogens is 3. The van der Waals surface area contributed by atoms with Crippen molar-refractivity contribution < 1.29 is 18.0 Å². The molecule has 2 bridgehead atoms. The first-order valence-electron chi connectivity index (χ1n) is 4.71. The van der Waals surface area contributed by atoms with Crippen molar-refractivity contribution >= 4 is 5.91 Å². The molecule has 14 heavy (non-hydrogen) atoms. The van der Waals surface area contributed by atoms with E-state index in [1.54, 1.807) is 0 Å². The van der Waals surface area contributed by atoms with E-state index in [-0.39, 0.29) is 12.1 Å². The molecule has 0 aliphatic carbocycles. The summed E-state index contributed by atoms with van der Waals surface area (Å²) in [7, 11) is 0. The predicted octanol–water partition coefficient (Wildman–Crippen LogP) is 1.91. The molecule has 0 aromatic heterocycles. The van der Waals surface area contributed by atoms with Crippen LogP contribution in [-0.4, -0.2) is 29.1 Å². The van der Waals surface area contributed by atoms with Crippen molar-refractivity contribution in [3.05, 3.63) is 6.42 Å². The highest BCUT2D eigenvalue weighted by Crippen LogP contribution is 2.37. The Balaban J connectivity index is 2.15. The minimum atomic E-state index is -4.71. The molecule has 5 heteroatoms. The highest BCUT2D eigenvalue weighted by atomic mass is 19.4. The highest BCUT2D eigenvalue weighted by Gasteiger charge is 2.50. The van der Waals surface area contributed by atoms with Crippen LogP contribution < -0.4 is 0 Å². The van der Waals surface area contributed by atoms with E-state index in [0.29, 0.717) is 25.7 Å². The van der Waals surface area contributed by atoms with Gasteiger partial charge in [-0.05, 0) is 32.1 Å². The zero-order valence-electron chi connectivity index (χ0n) is 7.55. The number of hydrogen-bond acceptors (Lipinski definition) is 1. The summed E-state index contributed by atoms with van der Waals surface area (Å²) in [5.41, 5.74) is 0. The number of amides is 1. The Hall–Kier alpha value is -0.740. The number of alkyl halides is 3. The van der Waals surface area contributed by atoms with E-state index in [4.69, 9.17) is 0 Å². The SMILES string of the molecule is O=C(N1C2C[CH]CC1CC2)C(F)(F)F. The number of piperidine rings is 1. The number of carbonyl (C=O) groups is 1. The molecule has 2 nitrogen and oxygen atoms in total. The van der Waals surface area contributed by atoms with Gasteiger partial charge in [0, 0.05) is 12.1 Å². The first-order valence-corrected chi connectivity index (χ1v) is 4.71. The van der Waals surface area contributed by atoms with Crippen LogP contribution in [0.1, 0.15) is 25.7 Å². The fourth-order valence-corrected chi connectivity index (χ4v) is 2.38. The van der Waals surface area contributed by atoms with Crippen molar-refractivity contribution in [2.45, 2.75) is 43.9 Å². The second-order valence-electron chi connectivity index (χ2n) is 3.86. The van der Waals surface area contributed by atoms with Crippen LogP contribution in [0.5, 0.6) is 0 Å². The van der Waals surface area contributed by atoms with Gasteiger partial charge in [-0.15, -0.1) is 0 Å². The minimum absolute atomic E-state index is 0.206. The van der Waals surface area contributed by atoms with Gasteiger partial charge >= 0.3 is 12.1 Å². The van der Waals surface area contributed by atoms with Crippen LogP contribution in [0, 0.1) is 6.42 Å². The Kier molecular flexibility index (Phi) is 2.20. The lowest BCUT2D eigenvalue weighted by Gasteiger charge is -2.34. The molecule has 0 N–H and O–H groups in total. The summed E-state index contributed by atoms with van der Waals surface area (Å²) in [6.07, 6.45) is -0.0801. The molecule has 2 unspecified atom stereocenters. The number of nitrogens with zero attached hydrogens (tertiary/aromatic N) is 1. The molecule has 2 saturated heterocycles. The van der Waals surface area contributed by atoms with Crippen molar-refractivity contribution in [1.29, 1.82) is 0 Å². The third-order valence-corrected chi connectivity index (χ3v) is 2.97. The van der Waals surface area contributed by atoms with Crippen molar-refractivity contribution in [1.82, 2.24) is 4.90 Å². The smallest absolute Gasteiger partial charge is 0.329 e. The van der Waals surface area contributed by atoms with Gasteiger partial charge in [0.2, 0.25) is 0 Å². The van der Waals surface area contributed by atoms with Gasteiger partial charge in [-0.3, -0.25) is 4.79 Å². The molecule has 2 aliphatic heterocycles. The molecule has 2 fully saturated rings. The van der Waals surface area contributed by atoms with Gasteiger partial charge < -0.3 is 4.90 Å². The van der Waals surface area contributed by atoms with Gasteiger partial charge in [0.15, 0.2) is 0 Å². The average molecular weight is 206 g/mol. The highest BCUT2D eigenvalue weighted by molar-refractivity contribution is 5.83. The van der Waals surface area contributed by atoms with Crippen LogP contribution in [0.3, 0.4) is 0 Å². The molecule has 2 heterocycles. The number of rotatable bonds is 0. The summed E-state index contributed by atoms with van der Waals surface area (Å²) in [6.45, 7) is 0. The van der Waals surface area contributed by atoms with Gasteiger partial charge in [0.1, 0.15) is 0 Å². The lowest BCUT2D eigenvalue weighted by Crippen LogP contribution is -2.49. The van der Waals surface area contributed by atoms with Crippen molar-refractivity contribution in [2.24, 2.45) is 0 Å². The molecule has 2 atom stereocenters. The zero-order chi connectivity index (χ0) is 10.3. The molecule has 0 aromatic carbocycles. The molecule has 0 aromatic rings. The summed E-state index contributed by atoms with van der Waals surface area (Å²) in [6, 6.07) is -0.411. The average Bonchev–Trinajstić information content (AvgIpc) is 2.32. The van der Waals surface area contributed by atoms with E-state index in [1.165, 1.54) is 0 Å². The first-order chi connectivity index (χ1) is 6.50. The molecule has 0 saturated carbocycles. The summed E-state index contributed by atoms with van der Waals surface area (Å²) in [4.78, 5) is 12.1. The Labute approximate surface area is 80.1 Å². The zero-order valence-corrected chi connectivity index (χ0v) is 7.55. The van der Waals surface area contributed by atoms with Crippen molar-refractivity contribution in [2.75, 3.05) is 0 Å². The maximum atomic E-state index is 12.2. The topological polar surface area (TPSA) is 20.3 Å². The quantitative estimate of drug-likeness (QED) is 0.592. The van der Waals surface area contributed by atoms with E-state index >= 15 is 0 Å². The van der Waals surface area contributed by atoms with Gasteiger partial charge in [0.25, 0.3) is 0 Å². The molecule has 0 spiro atoms. The standard InChI is InChI=1S/C9H11F3NO/c10-9(11,12)8(14)13-6-2-1-3-7(13)5-4-6/h1,6-7H,2-5H2. The fourth-order valence-electron chi connectivity index (χ4n) is 2.38. The van der Waals surface area contributed by atoms with Crippen LogP contribution in [-0.2, 0) is 4.79 Å². The van der Waals surface area contributed by atoms with Crippen LogP contribution in [0.4, 0.5) is 13.2 Å². The summed E-state index contributed by atoms with van der Waals surface area (Å²) >= 11 is 0. The number of fused-ring (bicyclic) bond motifs is 2. The number of hydrogen-bond donors (Lipinski definition) is 0. The second-order valence-corrected chi connectivity index (χ2v) is 3.86. The van der Waals surface area contributed by atoms with Crippen LogP contribution in [0.15, 0.2) is 0 Å². The van der Waals surface area contributed by atoms with E-state index in [0.717, 1.165) is 4.90 Å². The molecular formula is C9H11F3NO. The number of carbonyl (C=O) groups excluding carboxylic acids is 1. The molecule has 1 radical (unpaired) electrons. The Morgan fingerprint density at radius 3 is 2.14 bits per heavy atom. The normalized spacial score (nSPS) is 32.1. The molecule has 1 amide bonds. The molecule has 79 valence electrons. The van der Waals surface area contributed by atoms with Crippen LogP contribution >= 0.6 is 0 Å². The van der Waals surface area contributed by atoms with Gasteiger partial charge in [-0.1, -0.05) is 0 Å². The fraction of sp³-hybridized carbons (Fsp3) is 0.778. The maximum absolute atomic E-state index is 12.2. The van der Waals surface area contributed by atoms with Crippen LogP contribution in [0.25, 0.3) is 0 Å². The first kappa shape index (κ1) is 9.80. The summed E-state index contributed by atoms with van der Waals surface area (Å²) < 4.78 is 36.6. The van der Waals surface area contributed by atoms with Gasteiger partial charge in [-0.25, -0.2) is 0 Å². The Morgan fingerprint density at radius 1 is 1.21 bits per heavy atom. The lowest BCUT2D eigenvalue weighted by molar-refractivity contribution is -0.189. The van der Waals surface area contributed by atoms with Gasteiger partial charge in [0.05, 0.1) is 0 Å². The monoisotopic (exact) mass is 206 g/mol. The van der Waals surface area contributed by atoms with E-state index < -0.39 is 12.1 Å². The summed E-state index contributed by atoms with van der Waals surface area (Å²) in [5.74, 6) is -1.65. The van der Waals surface area contributed by atoms with E-state index in [1.807, 2.05) is 6.42 Å². The second kappa shape index (κ2) is 3.14. The van der Waals surface area contributed by atoms with Crippen molar-refractivity contribution in [3.8, 4) is 0 Å². The summed E-state index contributed by atoms with van der Waals surface area (Å²) in [5, 5.41) is 0. The van der Waals surface area contributed by atoms with E-state index in [2.05, 4.69) is 0 Å². The maximum Gasteiger partial charge on any atom is 0.471 e. The third-order valence-electron chi connectivity index (χ3n) is 2.97.